The summed E-state index contributed by atoms with van der Waals surface area (Å²) in [5, 5.41) is 3.38. The molecule has 0 bridgehead atoms. The van der Waals surface area contributed by atoms with E-state index in [-0.39, 0.29) is 30.9 Å². The summed E-state index contributed by atoms with van der Waals surface area (Å²) in [7, 11) is 0. The molecule has 1 aliphatic heterocycles. The second-order valence-corrected chi connectivity index (χ2v) is 5.50. The second-order valence-electron chi connectivity index (χ2n) is 5.50. The fraction of sp³-hybridized carbons (Fsp3) is 0.857. The van der Waals surface area contributed by atoms with E-state index in [4.69, 9.17) is 0 Å². The minimum absolute atomic E-state index is 0.0663. The monoisotopic (exact) mass is 269 g/mol. The second kappa shape index (κ2) is 7.48. The molecule has 1 fully saturated rings. The Morgan fingerprint density at radius 3 is 2.21 bits per heavy atom. The Bertz CT molecular complexity index is 318. The molecule has 1 N–H and O–H groups in total. The van der Waals surface area contributed by atoms with Crippen LogP contribution in [0.25, 0.3) is 0 Å². The molecule has 1 saturated heterocycles. The van der Waals surface area contributed by atoms with Gasteiger partial charge in [0.05, 0.1) is 13.1 Å². The largest absolute Gasteiger partial charge is 0.332 e. The topological polar surface area (TPSA) is 52.7 Å². The van der Waals surface area contributed by atoms with Crippen LogP contribution in [0.3, 0.4) is 0 Å². The molecule has 1 aliphatic rings. The van der Waals surface area contributed by atoms with Crippen LogP contribution in [0.5, 0.6) is 0 Å². The zero-order chi connectivity index (χ0) is 14.4. The molecular weight excluding hydrogens is 242 g/mol. The van der Waals surface area contributed by atoms with E-state index in [1.807, 2.05) is 6.92 Å². The highest BCUT2D eigenvalue weighted by Crippen LogP contribution is 2.10. The molecule has 1 heterocycles. The minimum atomic E-state index is 0.0663. The predicted molar refractivity (Wildman–Crippen MR) is 75.8 cm³/mol. The highest BCUT2D eigenvalue weighted by atomic mass is 16.2. The molecule has 0 aliphatic carbocycles. The molecule has 2 amide bonds. The Balaban J connectivity index is 2.60. The Morgan fingerprint density at radius 2 is 1.68 bits per heavy atom. The van der Waals surface area contributed by atoms with Gasteiger partial charge in [-0.25, -0.2) is 0 Å². The third-order valence-corrected chi connectivity index (χ3v) is 3.54. The zero-order valence-electron chi connectivity index (χ0n) is 12.6. The number of nitrogens with zero attached hydrogens (tertiary/aromatic N) is 2. The molecule has 0 saturated carbocycles. The van der Waals surface area contributed by atoms with Crippen LogP contribution < -0.4 is 5.32 Å². The van der Waals surface area contributed by atoms with Gasteiger partial charge in [0, 0.05) is 19.1 Å². The van der Waals surface area contributed by atoms with Crippen molar-refractivity contribution in [2.75, 3.05) is 32.7 Å². The van der Waals surface area contributed by atoms with E-state index in [1.165, 1.54) is 0 Å². The van der Waals surface area contributed by atoms with Crippen LogP contribution in [0, 0.1) is 5.92 Å². The molecule has 1 unspecified atom stereocenters. The van der Waals surface area contributed by atoms with Gasteiger partial charge in [0.15, 0.2) is 0 Å². The first-order valence-corrected chi connectivity index (χ1v) is 7.28. The summed E-state index contributed by atoms with van der Waals surface area (Å²) in [5.74, 6) is 0.577. The Morgan fingerprint density at radius 1 is 1.11 bits per heavy atom. The normalized spacial score (nSPS) is 18.4. The Hall–Kier alpha value is -1.10. The summed E-state index contributed by atoms with van der Waals surface area (Å²) in [6.45, 7) is 11.0. The van der Waals surface area contributed by atoms with Crippen LogP contribution in [0.4, 0.5) is 0 Å². The number of nitrogens with one attached hydrogen (secondary N) is 1. The fourth-order valence-electron chi connectivity index (χ4n) is 2.35. The third-order valence-electron chi connectivity index (χ3n) is 3.54. The quantitative estimate of drug-likeness (QED) is 0.740. The van der Waals surface area contributed by atoms with Crippen LogP contribution in [0.2, 0.25) is 0 Å². The summed E-state index contributed by atoms with van der Waals surface area (Å²) in [4.78, 5) is 27.4. The van der Waals surface area contributed by atoms with Gasteiger partial charge in [-0.1, -0.05) is 27.7 Å². The Kier molecular flexibility index (Phi) is 6.28. The van der Waals surface area contributed by atoms with Crippen LogP contribution in [0.1, 0.15) is 34.1 Å². The maximum Gasteiger partial charge on any atom is 0.242 e. The van der Waals surface area contributed by atoms with E-state index in [9.17, 15) is 9.59 Å². The SMILES string of the molecule is CCCN1CC(=O)N(CC(NCC)C(C)C)CC1=O. The number of hydrogen-bond donors (Lipinski definition) is 1. The number of rotatable bonds is 7. The number of likely N-dealkylation sites (N-methyl/N-ethyl adjacent to an activating group) is 1. The van der Waals surface area contributed by atoms with Crippen molar-refractivity contribution >= 4 is 11.8 Å². The molecule has 0 aromatic rings. The van der Waals surface area contributed by atoms with Gasteiger partial charge in [-0.3, -0.25) is 9.59 Å². The standard InChI is InChI=1S/C14H27N3O2/c1-5-7-16-9-14(19)17(10-13(16)18)8-12(11(3)4)15-6-2/h11-12,15H,5-10H2,1-4H3. The lowest BCUT2D eigenvalue weighted by atomic mass is 10.0. The molecule has 110 valence electrons. The average molecular weight is 269 g/mol. The zero-order valence-corrected chi connectivity index (χ0v) is 12.6. The van der Waals surface area contributed by atoms with Gasteiger partial charge < -0.3 is 15.1 Å². The maximum absolute atomic E-state index is 12.1. The molecule has 0 aromatic carbocycles. The van der Waals surface area contributed by atoms with Gasteiger partial charge in [-0.05, 0) is 18.9 Å². The first kappa shape index (κ1) is 16.0. The number of carbonyl (C=O) groups excluding carboxylic acids is 2. The van der Waals surface area contributed by atoms with E-state index in [1.54, 1.807) is 9.80 Å². The first-order valence-electron chi connectivity index (χ1n) is 7.28. The van der Waals surface area contributed by atoms with Crippen molar-refractivity contribution in [3.8, 4) is 0 Å². The van der Waals surface area contributed by atoms with Gasteiger partial charge in [0.1, 0.15) is 0 Å². The lowest BCUT2D eigenvalue weighted by Gasteiger charge is -2.36. The van der Waals surface area contributed by atoms with E-state index >= 15 is 0 Å². The van der Waals surface area contributed by atoms with Crippen molar-refractivity contribution in [3.05, 3.63) is 0 Å². The summed E-state index contributed by atoms with van der Waals surface area (Å²) >= 11 is 0. The van der Waals surface area contributed by atoms with Crippen molar-refractivity contribution in [2.45, 2.75) is 40.2 Å². The van der Waals surface area contributed by atoms with E-state index < -0.39 is 0 Å². The van der Waals surface area contributed by atoms with E-state index in [0.29, 0.717) is 19.0 Å². The van der Waals surface area contributed by atoms with Crippen molar-refractivity contribution in [1.29, 1.82) is 0 Å². The molecular formula is C14H27N3O2. The molecule has 0 aromatic heterocycles. The highest BCUT2D eigenvalue weighted by Gasteiger charge is 2.31. The number of piperazine rings is 1. The van der Waals surface area contributed by atoms with Gasteiger partial charge in [0.25, 0.3) is 0 Å². The average Bonchev–Trinajstić information content (AvgIpc) is 2.34. The molecule has 1 atom stereocenters. The smallest absolute Gasteiger partial charge is 0.242 e. The highest BCUT2D eigenvalue weighted by molar-refractivity contribution is 5.92. The molecule has 19 heavy (non-hydrogen) atoms. The van der Waals surface area contributed by atoms with Crippen LogP contribution >= 0.6 is 0 Å². The summed E-state index contributed by atoms with van der Waals surface area (Å²) in [5.41, 5.74) is 0. The van der Waals surface area contributed by atoms with E-state index in [0.717, 1.165) is 13.0 Å². The molecule has 0 spiro atoms. The van der Waals surface area contributed by atoms with Gasteiger partial charge in [0.2, 0.25) is 11.8 Å². The first-order chi connectivity index (χ1) is 8.99. The number of amides is 2. The molecule has 1 rings (SSSR count). The van der Waals surface area contributed by atoms with Crippen LogP contribution in [-0.4, -0.2) is 60.4 Å². The summed E-state index contributed by atoms with van der Waals surface area (Å²) in [6.07, 6.45) is 0.894. The fourth-order valence-corrected chi connectivity index (χ4v) is 2.35. The Labute approximate surface area is 116 Å². The van der Waals surface area contributed by atoms with Crippen LogP contribution in [0.15, 0.2) is 0 Å². The van der Waals surface area contributed by atoms with Crippen molar-refractivity contribution in [2.24, 2.45) is 5.92 Å². The van der Waals surface area contributed by atoms with E-state index in [2.05, 4.69) is 26.1 Å². The molecule has 5 nitrogen and oxygen atoms in total. The lowest BCUT2D eigenvalue weighted by Crippen LogP contribution is -2.57. The van der Waals surface area contributed by atoms with Crippen molar-refractivity contribution in [3.63, 3.8) is 0 Å². The maximum atomic E-state index is 12.1. The minimum Gasteiger partial charge on any atom is -0.332 e. The van der Waals surface area contributed by atoms with Gasteiger partial charge in [-0.15, -0.1) is 0 Å². The number of hydrogen-bond acceptors (Lipinski definition) is 3. The lowest BCUT2D eigenvalue weighted by molar-refractivity contribution is -0.150. The molecule has 5 heteroatoms. The molecule has 0 radical (unpaired) electrons. The third kappa shape index (κ3) is 4.49. The predicted octanol–water partition coefficient (Wildman–Crippen LogP) is 0.701. The van der Waals surface area contributed by atoms with Crippen molar-refractivity contribution in [1.82, 2.24) is 15.1 Å². The van der Waals surface area contributed by atoms with Gasteiger partial charge >= 0.3 is 0 Å². The van der Waals surface area contributed by atoms with Crippen LogP contribution in [-0.2, 0) is 9.59 Å². The van der Waals surface area contributed by atoms with Crippen molar-refractivity contribution < 1.29 is 9.59 Å². The summed E-state index contributed by atoms with van der Waals surface area (Å²) in [6, 6.07) is 0.250. The summed E-state index contributed by atoms with van der Waals surface area (Å²) < 4.78 is 0. The number of carbonyl (C=O) groups is 2. The van der Waals surface area contributed by atoms with Gasteiger partial charge in [-0.2, -0.15) is 0 Å².